The van der Waals surface area contributed by atoms with Crippen molar-refractivity contribution in [1.29, 1.82) is 0 Å². The third-order valence-corrected chi connectivity index (χ3v) is 2.76. The molecule has 0 fully saturated rings. The summed E-state index contributed by atoms with van der Waals surface area (Å²) in [5.74, 6) is -1.40. The molecule has 3 N–H and O–H groups in total. The van der Waals surface area contributed by atoms with Gasteiger partial charge in [-0.15, -0.1) is 12.4 Å². The molecule has 1 aromatic rings. The highest BCUT2D eigenvalue weighted by molar-refractivity contribution is 5.97. The van der Waals surface area contributed by atoms with E-state index in [9.17, 15) is 22.8 Å². The molecule has 1 rings (SSSR count). The van der Waals surface area contributed by atoms with Crippen LogP contribution in [0.25, 0.3) is 0 Å². The third-order valence-electron chi connectivity index (χ3n) is 2.76. The van der Waals surface area contributed by atoms with E-state index in [0.717, 1.165) is 18.7 Å². The molecule has 0 radical (unpaired) electrons. The third kappa shape index (κ3) is 7.34. The Morgan fingerprint density at radius 1 is 1.09 bits per heavy atom. The molecule has 23 heavy (non-hydrogen) atoms. The molecule has 130 valence electrons. The van der Waals surface area contributed by atoms with Gasteiger partial charge in [-0.25, -0.2) is 0 Å². The van der Waals surface area contributed by atoms with Crippen LogP contribution in [0.3, 0.4) is 0 Å². The zero-order valence-electron chi connectivity index (χ0n) is 12.5. The predicted molar refractivity (Wildman–Crippen MR) is 82.6 cm³/mol. The number of rotatable bonds is 7. The Bertz CT molecular complexity index is 524. The molecular weight excluding hydrogens is 335 g/mol. The maximum absolute atomic E-state index is 12.8. The molecule has 0 heterocycles. The number of carbonyl (C=O) groups is 2. The molecule has 0 spiro atoms. The van der Waals surface area contributed by atoms with Gasteiger partial charge < -0.3 is 16.0 Å². The summed E-state index contributed by atoms with van der Waals surface area (Å²) in [4.78, 5) is 23.2. The van der Waals surface area contributed by atoms with E-state index in [0.29, 0.717) is 13.1 Å². The molecule has 0 aromatic heterocycles. The Morgan fingerprint density at radius 3 is 2.35 bits per heavy atom. The Hall–Kier alpha value is -1.80. The van der Waals surface area contributed by atoms with Crippen LogP contribution in [-0.2, 0) is 11.0 Å². The molecule has 0 aliphatic heterocycles. The van der Waals surface area contributed by atoms with Crippen molar-refractivity contribution in [2.24, 2.45) is 0 Å². The molecule has 0 aliphatic rings. The van der Waals surface area contributed by atoms with Gasteiger partial charge in [0.25, 0.3) is 5.91 Å². The van der Waals surface area contributed by atoms with Gasteiger partial charge in [0.15, 0.2) is 0 Å². The fourth-order valence-electron chi connectivity index (χ4n) is 1.71. The van der Waals surface area contributed by atoms with Gasteiger partial charge in [0.1, 0.15) is 0 Å². The highest BCUT2D eigenvalue weighted by atomic mass is 35.5. The molecule has 0 aliphatic carbocycles. The van der Waals surface area contributed by atoms with Gasteiger partial charge in [0, 0.05) is 13.1 Å². The van der Waals surface area contributed by atoms with E-state index in [2.05, 4.69) is 16.0 Å². The van der Waals surface area contributed by atoms with Gasteiger partial charge in [-0.2, -0.15) is 13.2 Å². The first-order valence-electron chi connectivity index (χ1n) is 6.78. The van der Waals surface area contributed by atoms with Crippen LogP contribution >= 0.6 is 12.4 Å². The van der Waals surface area contributed by atoms with E-state index in [1.54, 1.807) is 0 Å². The van der Waals surface area contributed by atoms with E-state index in [-0.39, 0.29) is 19.0 Å². The Kier molecular flexibility index (Phi) is 9.28. The number of benzene rings is 1. The molecule has 1 aromatic carbocycles. The summed E-state index contributed by atoms with van der Waals surface area (Å²) < 4.78 is 38.3. The highest BCUT2D eigenvalue weighted by Gasteiger charge is 2.34. The number of nitrogens with one attached hydrogen (secondary N) is 3. The van der Waals surface area contributed by atoms with E-state index < -0.39 is 29.1 Å². The first kappa shape index (κ1) is 21.2. The highest BCUT2D eigenvalue weighted by Crippen LogP contribution is 2.31. The summed E-state index contributed by atoms with van der Waals surface area (Å²) in [5.41, 5.74) is -1.53. The van der Waals surface area contributed by atoms with Crippen LogP contribution in [0.4, 0.5) is 13.2 Å². The largest absolute Gasteiger partial charge is 0.417 e. The van der Waals surface area contributed by atoms with Gasteiger partial charge in [0.2, 0.25) is 5.91 Å². The average molecular weight is 354 g/mol. The minimum absolute atomic E-state index is 0. The average Bonchev–Trinajstić information content (AvgIpc) is 2.48. The molecule has 0 saturated carbocycles. The van der Waals surface area contributed by atoms with Gasteiger partial charge in [-0.3, -0.25) is 9.59 Å². The van der Waals surface area contributed by atoms with Crippen LogP contribution < -0.4 is 16.0 Å². The second-order valence-electron chi connectivity index (χ2n) is 4.43. The van der Waals surface area contributed by atoms with Crippen molar-refractivity contribution in [2.45, 2.75) is 13.1 Å². The van der Waals surface area contributed by atoms with Crippen molar-refractivity contribution in [2.75, 3.05) is 26.2 Å². The molecule has 0 unspecified atom stereocenters. The van der Waals surface area contributed by atoms with E-state index in [4.69, 9.17) is 0 Å². The Balaban J connectivity index is 0.00000484. The fraction of sp³-hybridized carbons (Fsp3) is 0.429. The number of alkyl halides is 3. The second-order valence-corrected chi connectivity index (χ2v) is 4.43. The smallest absolute Gasteiger partial charge is 0.353 e. The lowest BCUT2D eigenvalue weighted by atomic mass is 10.1. The van der Waals surface area contributed by atoms with Crippen molar-refractivity contribution in [3.8, 4) is 0 Å². The quantitative estimate of drug-likeness (QED) is 0.652. The standard InChI is InChI=1S/C14H18F3N3O2.ClH/c1-2-18-7-8-19-12(21)9-20-13(22)10-5-3-4-6-11(10)14(15,16)17;/h3-6,18H,2,7-9H2,1H3,(H,19,21)(H,20,22);1H. The first-order chi connectivity index (χ1) is 10.4. The fourth-order valence-corrected chi connectivity index (χ4v) is 1.71. The lowest BCUT2D eigenvalue weighted by Gasteiger charge is -2.12. The minimum Gasteiger partial charge on any atom is -0.353 e. The van der Waals surface area contributed by atoms with Gasteiger partial charge in [-0.05, 0) is 18.7 Å². The zero-order valence-corrected chi connectivity index (χ0v) is 13.3. The van der Waals surface area contributed by atoms with Crippen molar-refractivity contribution in [1.82, 2.24) is 16.0 Å². The number of amides is 2. The number of hydrogen-bond acceptors (Lipinski definition) is 3. The Morgan fingerprint density at radius 2 is 1.74 bits per heavy atom. The topological polar surface area (TPSA) is 70.2 Å². The summed E-state index contributed by atoms with van der Waals surface area (Å²) in [7, 11) is 0. The van der Waals surface area contributed by atoms with Crippen LogP contribution in [0, 0.1) is 0 Å². The van der Waals surface area contributed by atoms with E-state index in [1.807, 2.05) is 6.92 Å². The molecule has 0 bridgehead atoms. The second kappa shape index (κ2) is 10.1. The number of likely N-dealkylation sites (N-methyl/N-ethyl adjacent to an activating group) is 1. The van der Waals surface area contributed by atoms with Crippen molar-refractivity contribution in [3.05, 3.63) is 35.4 Å². The summed E-state index contributed by atoms with van der Waals surface area (Å²) >= 11 is 0. The molecule has 0 saturated heterocycles. The molecular formula is C14H19ClF3N3O2. The van der Waals surface area contributed by atoms with E-state index in [1.165, 1.54) is 12.1 Å². The van der Waals surface area contributed by atoms with Crippen molar-refractivity contribution in [3.63, 3.8) is 0 Å². The van der Waals surface area contributed by atoms with Crippen LogP contribution in [0.1, 0.15) is 22.8 Å². The van der Waals surface area contributed by atoms with Gasteiger partial charge in [-0.1, -0.05) is 19.1 Å². The maximum Gasteiger partial charge on any atom is 0.417 e. The predicted octanol–water partition coefficient (Wildman–Crippen LogP) is 1.58. The molecule has 9 heteroatoms. The lowest BCUT2D eigenvalue weighted by molar-refractivity contribution is -0.137. The first-order valence-corrected chi connectivity index (χ1v) is 6.78. The van der Waals surface area contributed by atoms with Crippen molar-refractivity contribution >= 4 is 24.2 Å². The summed E-state index contributed by atoms with van der Waals surface area (Å²) in [6.45, 7) is 3.26. The molecule has 5 nitrogen and oxygen atoms in total. The summed E-state index contributed by atoms with van der Waals surface area (Å²) in [6.07, 6.45) is -4.62. The minimum atomic E-state index is -4.62. The number of carbonyl (C=O) groups excluding carboxylic acids is 2. The number of hydrogen-bond donors (Lipinski definition) is 3. The van der Waals surface area contributed by atoms with Crippen LogP contribution in [0.2, 0.25) is 0 Å². The summed E-state index contributed by atoms with van der Waals surface area (Å²) in [6, 6.07) is 4.43. The number of halogens is 4. The Labute approximate surface area is 138 Å². The lowest BCUT2D eigenvalue weighted by Crippen LogP contribution is -2.40. The molecule has 2 amide bonds. The van der Waals surface area contributed by atoms with Crippen LogP contribution in [0.5, 0.6) is 0 Å². The normalized spacial score (nSPS) is 10.6. The van der Waals surface area contributed by atoms with E-state index >= 15 is 0 Å². The molecule has 0 atom stereocenters. The van der Waals surface area contributed by atoms with Gasteiger partial charge in [0.05, 0.1) is 17.7 Å². The summed E-state index contributed by atoms with van der Waals surface area (Å²) in [5, 5.41) is 7.70. The maximum atomic E-state index is 12.8. The van der Waals surface area contributed by atoms with Crippen LogP contribution in [-0.4, -0.2) is 38.0 Å². The van der Waals surface area contributed by atoms with Gasteiger partial charge >= 0.3 is 6.18 Å². The van der Waals surface area contributed by atoms with Crippen molar-refractivity contribution < 1.29 is 22.8 Å². The zero-order chi connectivity index (χ0) is 16.6. The monoisotopic (exact) mass is 353 g/mol. The van der Waals surface area contributed by atoms with Crippen LogP contribution in [0.15, 0.2) is 24.3 Å². The SMILES string of the molecule is CCNCCNC(=O)CNC(=O)c1ccccc1C(F)(F)F.Cl.